The molecule has 3 atom stereocenters. The number of ether oxygens (including phenoxy) is 1. The number of carbonyl (C=O) groups excluding carboxylic acids is 4. The third-order valence-electron chi connectivity index (χ3n) is 7.68. The van der Waals surface area contributed by atoms with Gasteiger partial charge in [-0.1, -0.05) is 48.5 Å². The van der Waals surface area contributed by atoms with Gasteiger partial charge >= 0.3 is 5.97 Å². The first-order chi connectivity index (χ1) is 17.9. The van der Waals surface area contributed by atoms with Crippen LogP contribution in [-0.2, 0) is 23.9 Å². The van der Waals surface area contributed by atoms with Crippen molar-refractivity contribution in [2.45, 2.75) is 24.8 Å². The molecule has 0 spiro atoms. The number of rotatable bonds is 5. The summed E-state index contributed by atoms with van der Waals surface area (Å²) in [4.78, 5) is 53.5. The van der Waals surface area contributed by atoms with Crippen molar-refractivity contribution in [3.05, 3.63) is 101 Å². The Morgan fingerprint density at radius 3 is 1.76 bits per heavy atom. The molecular formula is C29H23FN2O5. The first kappa shape index (κ1) is 23.1. The molecule has 3 aliphatic carbocycles. The maximum Gasteiger partial charge on any atom is 0.329 e. The molecule has 7 rings (SSSR count). The van der Waals surface area contributed by atoms with Crippen LogP contribution < -0.4 is 5.32 Å². The molecule has 1 aliphatic heterocycles. The Bertz CT molecular complexity index is 1340. The van der Waals surface area contributed by atoms with E-state index in [0.717, 1.165) is 27.2 Å². The van der Waals surface area contributed by atoms with Gasteiger partial charge in [0.1, 0.15) is 11.9 Å². The van der Waals surface area contributed by atoms with Crippen LogP contribution in [0.5, 0.6) is 0 Å². The predicted molar refractivity (Wildman–Crippen MR) is 131 cm³/mol. The first-order valence-electron chi connectivity index (χ1n) is 12.1. The average Bonchev–Trinajstić information content (AvgIpc) is 3.18. The average molecular weight is 499 g/mol. The summed E-state index contributed by atoms with van der Waals surface area (Å²) >= 11 is 0. The monoisotopic (exact) mass is 498 g/mol. The Balaban J connectivity index is 1.21. The molecule has 1 fully saturated rings. The standard InChI is InChI=1S/C29H23FN2O5/c1-15(29(36)37-14-22(33)31-17-12-10-16(30)11-13-17)32-27(34)25-23-18-6-2-3-7-19(18)24(26(25)28(32)35)21-9-5-4-8-20(21)23/h2-13,15,23-26H,14H2,1H3,(H,31,33)/t15-,23?,24?,25-,26-/m1/s1. The lowest BCUT2D eigenvalue weighted by atomic mass is 9.55. The highest BCUT2D eigenvalue weighted by molar-refractivity contribution is 6.10. The fourth-order valence-corrected chi connectivity index (χ4v) is 6.18. The van der Waals surface area contributed by atoms with E-state index in [1.54, 1.807) is 0 Å². The van der Waals surface area contributed by atoms with Crippen LogP contribution in [0, 0.1) is 17.7 Å². The van der Waals surface area contributed by atoms with E-state index in [4.69, 9.17) is 4.74 Å². The molecule has 0 saturated carbocycles. The van der Waals surface area contributed by atoms with Crippen LogP contribution in [0.1, 0.15) is 41.0 Å². The highest BCUT2D eigenvalue weighted by Gasteiger charge is 2.62. The summed E-state index contributed by atoms with van der Waals surface area (Å²) in [5, 5.41) is 2.50. The predicted octanol–water partition coefficient (Wildman–Crippen LogP) is 3.59. The lowest BCUT2D eigenvalue weighted by Gasteiger charge is -2.45. The van der Waals surface area contributed by atoms with Crippen LogP contribution in [0.15, 0.2) is 72.8 Å². The summed E-state index contributed by atoms with van der Waals surface area (Å²) in [6, 6.07) is 19.8. The second-order valence-corrected chi connectivity index (χ2v) is 9.65. The maximum atomic E-state index is 13.7. The van der Waals surface area contributed by atoms with Gasteiger partial charge in [0, 0.05) is 17.5 Å². The smallest absolute Gasteiger partial charge is 0.329 e. The molecule has 1 N–H and O–H groups in total. The number of likely N-dealkylation sites (tertiary alicyclic amines) is 1. The van der Waals surface area contributed by atoms with Gasteiger partial charge in [0.15, 0.2) is 6.61 Å². The Hall–Kier alpha value is -4.33. The van der Waals surface area contributed by atoms with Crippen molar-refractivity contribution in [1.29, 1.82) is 0 Å². The number of carbonyl (C=O) groups is 4. The summed E-state index contributed by atoms with van der Waals surface area (Å²) < 4.78 is 18.2. The minimum atomic E-state index is -1.19. The molecule has 3 aromatic carbocycles. The summed E-state index contributed by atoms with van der Waals surface area (Å²) in [6.07, 6.45) is 0. The number of amides is 3. The van der Waals surface area contributed by atoms with Gasteiger partial charge < -0.3 is 10.1 Å². The number of hydrogen-bond donors (Lipinski definition) is 1. The normalized spacial score (nSPS) is 23.7. The first-order valence-corrected chi connectivity index (χ1v) is 12.1. The molecular weight excluding hydrogens is 475 g/mol. The molecule has 2 bridgehead atoms. The van der Waals surface area contributed by atoms with Gasteiger partial charge in [-0.25, -0.2) is 9.18 Å². The van der Waals surface area contributed by atoms with Crippen LogP contribution in [-0.4, -0.2) is 41.2 Å². The summed E-state index contributed by atoms with van der Waals surface area (Å²) in [5.74, 6) is -4.44. The molecule has 1 heterocycles. The van der Waals surface area contributed by atoms with E-state index in [9.17, 15) is 23.6 Å². The van der Waals surface area contributed by atoms with E-state index in [0.29, 0.717) is 5.69 Å². The van der Waals surface area contributed by atoms with Gasteiger partial charge in [0.05, 0.1) is 11.8 Å². The highest BCUT2D eigenvalue weighted by Crippen LogP contribution is 2.61. The van der Waals surface area contributed by atoms with Crippen molar-refractivity contribution in [2.75, 3.05) is 11.9 Å². The topological polar surface area (TPSA) is 92.8 Å². The molecule has 8 heteroatoms. The van der Waals surface area contributed by atoms with E-state index in [2.05, 4.69) is 5.32 Å². The number of nitrogens with one attached hydrogen (secondary N) is 1. The minimum Gasteiger partial charge on any atom is -0.454 e. The van der Waals surface area contributed by atoms with E-state index >= 15 is 0 Å². The SMILES string of the molecule is C[C@H](C(=O)OCC(=O)Nc1ccc(F)cc1)N1C(=O)[C@@H]2C3c4ccccc4C(c4ccccc43)[C@H]2C1=O. The molecule has 0 aromatic heterocycles. The lowest BCUT2D eigenvalue weighted by molar-refractivity contribution is -0.159. The number of halogens is 1. The maximum absolute atomic E-state index is 13.7. The van der Waals surface area contributed by atoms with Gasteiger partial charge in [-0.15, -0.1) is 0 Å². The zero-order valence-corrected chi connectivity index (χ0v) is 19.9. The molecule has 7 nitrogen and oxygen atoms in total. The molecule has 3 amide bonds. The van der Waals surface area contributed by atoms with Crippen molar-refractivity contribution >= 4 is 29.4 Å². The molecule has 0 radical (unpaired) electrons. The Morgan fingerprint density at radius 2 is 1.30 bits per heavy atom. The Morgan fingerprint density at radius 1 is 0.838 bits per heavy atom. The third-order valence-corrected chi connectivity index (χ3v) is 7.68. The number of imide groups is 1. The van der Waals surface area contributed by atoms with Gasteiger partial charge in [-0.3, -0.25) is 19.3 Å². The lowest BCUT2D eigenvalue weighted by Crippen LogP contribution is -2.45. The third kappa shape index (κ3) is 3.55. The van der Waals surface area contributed by atoms with Crippen molar-refractivity contribution in [3.63, 3.8) is 0 Å². The summed E-state index contributed by atoms with van der Waals surface area (Å²) in [6.45, 7) is 0.835. The quantitative estimate of drug-likeness (QED) is 0.429. The second kappa shape index (κ2) is 8.65. The van der Waals surface area contributed by atoms with Crippen molar-refractivity contribution in [2.24, 2.45) is 11.8 Å². The molecule has 37 heavy (non-hydrogen) atoms. The fourth-order valence-electron chi connectivity index (χ4n) is 6.18. The fraction of sp³-hybridized carbons (Fsp3) is 0.241. The Labute approximate surface area is 212 Å². The van der Waals surface area contributed by atoms with Crippen molar-refractivity contribution < 1.29 is 28.3 Å². The number of benzene rings is 3. The molecule has 186 valence electrons. The zero-order chi connectivity index (χ0) is 25.8. The molecule has 1 saturated heterocycles. The Kier molecular flexibility index (Phi) is 5.40. The van der Waals surface area contributed by atoms with E-state index < -0.39 is 54.0 Å². The molecule has 3 aromatic rings. The largest absolute Gasteiger partial charge is 0.454 e. The van der Waals surface area contributed by atoms with Crippen LogP contribution in [0.3, 0.4) is 0 Å². The summed E-state index contributed by atoms with van der Waals surface area (Å²) in [5.41, 5.74) is 4.52. The van der Waals surface area contributed by atoms with Crippen LogP contribution >= 0.6 is 0 Å². The van der Waals surface area contributed by atoms with Gasteiger partial charge in [0.25, 0.3) is 5.91 Å². The van der Waals surface area contributed by atoms with E-state index in [-0.39, 0.29) is 11.8 Å². The van der Waals surface area contributed by atoms with Crippen molar-refractivity contribution in [3.8, 4) is 0 Å². The van der Waals surface area contributed by atoms with Crippen LogP contribution in [0.4, 0.5) is 10.1 Å². The van der Waals surface area contributed by atoms with Crippen LogP contribution in [0.25, 0.3) is 0 Å². The number of nitrogens with zero attached hydrogens (tertiary/aromatic N) is 1. The number of anilines is 1. The van der Waals surface area contributed by atoms with E-state index in [1.807, 2.05) is 48.5 Å². The summed E-state index contributed by atoms with van der Waals surface area (Å²) in [7, 11) is 0. The zero-order valence-electron chi connectivity index (χ0n) is 19.9. The van der Waals surface area contributed by atoms with E-state index in [1.165, 1.54) is 31.2 Å². The number of hydrogen-bond acceptors (Lipinski definition) is 5. The molecule has 0 unspecified atom stereocenters. The second-order valence-electron chi connectivity index (χ2n) is 9.65. The van der Waals surface area contributed by atoms with Gasteiger partial charge in [-0.2, -0.15) is 0 Å². The van der Waals surface area contributed by atoms with Crippen LogP contribution in [0.2, 0.25) is 0 Å². The van der Waals surface area contributed by atoms with Gasteiger partial charge in [-0.05, 0) is 53.4 Å². The molecule has 4 aliphatic rings. The number of esters is 1. The van der Waals surface area contributed by atoms with Gasteiger partial charge in [0.2, 0.25) is 11.8 Å². The minimum absolute atomic E-state index is 0.270. The highest BCUT2D eigenvalue weighted by atomic mass is 19.1. The van der Waals surface area contributed by atoms with Crippen molar-refractivity contribution in [1.82, 2.24) is 4.90 Å².